The Hall–Kier alpha value is -3.27. The van der Waals surface area contributed by atoms with E-state index < -0.39 is 0 Å². The SMILES string of the molecule is O=Cc1ccccc1OC(CNc1ccccc1)Nc1ccccc1. The summed E-state index contributed by atoms with van der Waals surface area (Å²) in [6.45, 7) is 0.534. The zero-order valence-corrected chi connectivity index (χ0v) is 13.8. The van der Waals surface area contributed by atoms with Gasteiger partial charge in [0.2, 0.25) is 0 Å². The van der Waals surface area contributed by atoms with Crippen molar-refractivity contribution < 1.29 is 9.53 Å². The summed E-state index contributed by atoms with van der Waals surface area (Å²) in [5.41, 5.74) is 2.49. The number of hydrogen-bond donors (Lipinski definition) is 2. The molecule has 0 amide bonds. The molecule has 0 saturated carbocycles. The lowest BCUT2D eigenvalue weighted by Gasteiger charge is -2.23. The number of benzene rings is 3. The van der Waals surface area contributed by atoms with Crippen LogP contribution in [0.5, 0.6) is 5.75 Å². The Morgan fingerprint density at radius 1 is 0.800 bits per heavy atom. The van der Waals surface area contributed by atoms with Crippen LogP contribution in [0.25, 0.3) is 0 Å². The van der Waals surface area contributed by atoms with Crippen molar-refractivity contribution in [1.82, 2.24) is 0 Å². The molecule has 1 unspecified atom stereocenters. The van der Waals surface area contributed by atoms with E-state index in [0.29, 0.717) is 17.9 Å². The lowest BCUT2D eigenvalue weighted by Crippen LogP contribution is -2.34. The molecule has 0 bridgehead atoms. The topological polar surface area (TPSA) is 50.4 Å². The van der Waals surface area contributed by atoms with Crippen molar-refractivity contribution in [1.29, 1.82) is 0 Å². The molecular weight excluding hydrogens is 312 g/mol. The maximum atomic E-state index is 11.2. The van der Waals surface area contributed by atoms with Crippen molar-refractivity contribution in [3.63, 3.8) is 0 Å². The second-order valence-electron chi connectivity index (χ2n) is 5.52. The molecular formula is C21H20N2O2. The van der Waals surface area contributed by atoms with Gasteiger partial charge in [-0.25, -0.2) is 0 Å². The monoisotopic (exact) mass is 332 g/mol. The standard InChI is InChI=1S/C21H20N2O2/c24-16-17-9-7-8-14-20(17)25-21(23-19-12-5-2-6-13-19)15-22-18-10-3-1-4-11-18/h1-14,16,21-23H,15H2. The van der Waals surface area contributed by atoms with Crippen LogP contribution in [0, 0.1) is 0 Å². The Morgan fingerprint density at radius 3 is 2.08 bits per heavy atom. The van der Waals surface area contributed by atoms with E-state index in [1.807, 2.05) is 72.8 Å². The normalized spacial score (nSPS) is 11.4. The number of anilines is 2. The van der Waals surface area contributed by atoms with Gasteiger partial charge in [-0.2, -0.15) is 0 Å². The van der Waals surface area contributed by atoms with E-state index in [2.05, 4.69) is 10.6 Å². The van der Waals surface area contributed by atoms with Crippen molar-refractivity contribution in [3.8, 4) is 5.75 Å². The Bertz CT molecular complexity index is 791. The van der Waals surface area contributed by atoms with Crippen molar-refractivity contribution in [2.75, 3.05) is 17.2 Å². The average Bonchev–Trinajstić information content (AvgIpc) is 2.68. The van der Waals surface area contributed by atoms with Gasteiger partial charge in [0.25, 0.3) is 0 Å². The summed E-state index contributed by atoms with van der Waals surface area (Å²) in [4.78, 5) is 11.2. The van der Waals surface area contributed by atoms with Crippen LogP contribution in [-0.2, 0) is 0 Å². The van der Waals surface area contributed by atoms with Crippen LogP contribution in [0.3, 0.4) is 0 Å². The molecule has 0 saturated heterocycles. The quantitative estimate of drug-likeness (QED) is 0.473. The van der Waals surface area contributed by atoms with E-state index in [1.54, 1.807) is 12.1 Å². The predicted octanol–water partition coefficient (Wildman–Crippen LogP) is 4.43. The lowest BCUT2D eigenvalue weighted by atomic mass is 10.2. The van der Waals surface area contributed by atoms with Crippen LogP contribution in [-0.4, -0.2) is 19.1 Å². The van der Waals surface area contributed by atoms with Crippen molar-refractivity contribution >= 4 is 17.7 Å². The zero-order chi connectivity index (χ0) is 17.3. The van der Waals surface area contributed by atoms with E-state index in [0.717, 1.165) is 17.7 Å². The van der Waals surface area contributed by atoms with Gasteiger partial charge >= 0.3 is 0 Å². The maximum Gasteiger partial charge on any atom is 0.187 e. The van der Waals surface area contributed by atoms with Gasteiger partial charge in [0.05, 0.1) is 12.1 Å². The van der Waals surface area contributed by atoms with E-state index in [9.17, 15) is 4.79 Å². The van der Waals surface area contributed by atoms with Gasteiger partial charge in [0.1, 0.15) is 5.75 Å². The minimum atomic E-state index is -0.344. The number of aldehydes is 1. The van der Waals surface area contributed by atoms with Crippen LogP contribution in [0.1, 0.15) is 10.4 Å². The molecule has 0 aliphatic rings. The first kappa shape index (κ1) is 16.6. The molecule has 25 heavy (non-hydrogen) atoms. The fourth-order valence-electron chi connectivity index (χ4n) is 2.45. The molecule has 0 fully saturated rings. The zero-order valence-electron chi connectivity index (χ0n) is 13.8. The third kappa shape index (κ3) is 4.85. The molecule has 0 radical (unpaired) electrons. The molecule has 3 aromatic carbocycles. The molecule has 4 heteroatoms. The maximum absolute atomic E-state index is 11.2. The minimum Gasteiger partial charge on any atom is -0.468 e. The van der Waals surface area contributed by atoms with E-state index in [-0.39, 0.29) is 6.23 Å². The van der Waals surface area contributed by atoms with Gasteiger partial charge < -0.3 is 15.4 Å². The van der Waals surface area contributed by atoms with Crippen LogP contribution in [0.15, 0.2) is 84.9 Å². The highest BCUT2D eigenvalue weighted by Gasteiger charge is 2.12. The van der Waals surface area contributed by atoms with Crippen molar-refractivity contribution in [2.45, 2.75) is 6.23 Å². The summed E-state index contributed by atoms with van der Waals surface area (Å²) in [5.74, 6) is 0.556. The number of para-hydroxylation sites is 3. The average molecular weight is 332 g/mol. The lowest BCUT2D eigenvalue weighted by molar-refractivity contribution is 0.111. The fourth-order valence-corrected chi connectivity index (χ4v) is 2.45. The number of ether oxygens (including phenoxy) is 1. The predicted molar refractivity (Wildman–Crippen MR) is 101 cm³/mol. The highest BCUT2D eigenvalue weighted by Crippen LogP contribution is 2.19. The molecule has 126 valence electrons. The number of hydrogen-bond acceptors (Lipinski definition) is 4. The highest BCUT2D eigenvalue weighted by molar-refractivity contribution is 5.79. The number of carbonyl (C=O) groups excluding carboxylic acids is 1. The molecule has 3 rings (SSSR count). The second kappa shape index (κ2) is 8.55. The fraction of sp³-hybridized carbons (Fsp3) is 0.0952. The molecule has 2 N–H and O–H groups in total. The Balaban J connectivity index is 1.74. The Kier molecular flexibility index (Phi) is 5.67. The van der Waals surface area contributed by atoms with Gasteiger partial charge in [0, 0.05) is 11.4 Å². The smallest absolute Gasteiger partial charge is 0.187 e. The first-order valence-corrected chi connectivity index (χ1v) is 8.16. The third-order valence-corrected chi connectivity index (χ3v) is 3.68. The first-order valence-electron chi connectivity index (χ1n) is 8.16. The van der Waals surface area contributed by atoms with Crippen LogP contribution >= 0.6 is 0 Å². The van der Waals surface area contributed by atoms with Crippen LogP contribution < -0.4 is 15.4 Å². The van der Waals surface area contributed by atoms with Gasteiger partial charge in [0.15, 0.2) is 12.5 Å². The molecule has 0 aliphatic heterocycles. The van der Waals surface area contributed by atoms with Gasteiger partial charge in [-0.15, -0.1) is 0 Å². The molecule has 1 atom stereocenters. The highest BCUT2D eigenvalue weighted by atomic mass is 16.5. The van der Waals surface area contributed by atoms with Crippen LogP contribution in [0.4, 0.5) is 11.4 Å². The first-order chi connectivity index (χ1) is 12.3. The van der Waals surface area contributed by atoms with Crippen LogP contribution in [0.2, 0.25) is 0 Å². The molecule has 3 aromatic rings. The van der Waals surface area contributed by atoms with Gasteiger partial charge in [-0.05, 0) is 36.4 Å². The number of rotatable bonds is 8. The summed E-state index contributed by atoms with van der Waals surface area (Å²) in [6, 6.07) is 27.0. The largest absolute Gasteiger partial charge is 0.468 e. The molecule has 0 spiro atoms. The third-order valence-electron chi connectivity index (χ3n) is 3.68. The summed E-state index contributed by atoms with van der Waals surface area (Å²) < 4.78 is 6.06. The summed E-state index contributed by atoms with van der Waals surface area (Å²) in [5, 5.41) is 6.70. The van der Waals surface area contributed by atoms with Crippen molar-refractivity contribution in [2.24, 2.45) is 0 Å². The van der Waals surface area contributed by atoms with Crippen molar-refractivity contribution in [3.05, 3.63) is 90.5 Å². The van der Waals surface area contributed by atoms with E-state index in [4.69, 9.17) is 4.74 Å². The minimum absolute atomic E-state index is 0.344. The molecule has 0 heterocycles. The number of carbonyl (C=O) groups is 1. The van der Waals surface area contributed by atoms with E-state index >= 15 is 0 Å². The Morgan fingerprint density at radius 2 is 1.40 bits per heavy atom. The molecule has 0 aliphatic carbocycles. The van der Waals surface area contributed by atoms with E-state index in [1.165, 1.54) is 0 Å². The molecule has 0 aromatic heterocycles. The second-order valence-corrected chi connectivity index (χ2v) is 5.52. The summed E-state index contributed by atoms with van der Waals surface area (Å²) in [7, 11) is 0. The van der Waals surface area contributed by atoms with Gasteiger partial charge in [-0.1, -0.05) is 48.5 Å². The summed E-state index contributed by atoms with van der Waals surface area (Å²) in [6.07, 6.45) is 0.461. The Labute approximate surface area is 147 Å². The number of nitrogens with one attached hydrogen (secondary N) is 2. The van der Waals surface area contributed by atoms with Gasteiger partial charge in [-0.3, -0.25) is 4.79 Å². The molecule has 4 nitrogen and oxygen atoms in total. The summed E-state index contributed by atoms with van der Waals surface area (Å²) >= 11 is 0.